The summed E-state index contributed by atoms with van der Waals surface area (Å²) in [6.07, 6.45) is 0. The van der Waals surface area contributed by atoms with E-state index in [0.717, 1.165) is 66.5 Å². The second-order valence-corrected chi connectivity index (χ2v) is 16.6. The predicted molar refractivity (Wildman–Crippen MR) is 254 cm³/mol. The Hall–Kier alpha value is -7.93. The molecule has 0 fully saturated rings. The highest BCUT2D eigenvalue weighted by Crippen LogP contribution is 2.45. The zero-order valence-corrected chi connectivity index (χ0v) is 33.4. The lowest BCUT2D eigenvalue weighted by Gasteiger charge is -2.17. The van der Waals surface area contributed by atoms with E-state index in [0.29, 0.717) is 17.5 Å². The highest BCUT2D eigenvalue weighted by molar-refractivity contribution is 7.25. The second kappa shape index (κ2) is 13.3. The fourth-order valence-electron chi connectivity index (χ4n) is 9.30. The van der Waals surface area contributed by atoms with Crippen LogP contribution in [0, 0.1) is 0 Å². The van der Waals surface area contributed by atoms with Crippen molar-refractivity contribution in [2.45, 2.75) is 0 Å². The van der Waals surface area contributed by atoms with Gasteiger partial charge in [-0.3, -0.25) is 0 Å². The molecule has 0 aliphatic carbocycles. The highest BCUT2D eigenvalue weighted by Gasteiger charge is 2.22. The minimum absolute atomic E-state index is 0.590. The molecule has 13 aromatic rings. The van der Waals surface area contributed by atoms with E-state index < -0.39 is 0 Å². The summed E-state index contributed by atoms with van der Waals surface area (Å²) in [5, 5.41) is 9.37. The third kappa shape index (κ3) is 5.29. The van der Waals surface area contributed by atoms with Crippen LogP contribution in [0.25, 0.3) is 126 Å². The molecule has 0 bridgehead atoms. The Balaban J connectivity index is 1.12. The summed E-state index contributed by atoms with van der Waals surface area (Å²) in [4.78, 5) is 15.7. The van der Waals surface area contributed by atoms with E-state index in [1.165, 1.54) is 41.7 Å². The van der Waals surface area contributed by atoms with Gasteiger partial charge in [-0.2, -0.15) is 0 Å². The first-order valence-corrected chi connectivity index (χ1v) is 21.2. The van der Waals surface area contributed by atoms with Crippen molar-refractivity contribution in [3.8, 4) is 51.0 Å². The second-order valence-electron chi connectivity index (χ2n) is 15.5. The van der Waals surface area contributed by atoms with Gasteiger partial charge in [-0.1, -0.05) is 133 Å². The van der Waals surface area contributed by atoms with Gasteiger partial charge in [0.05, 0.1) is 16.7 Å². The summed E-state index contributed by atoms with van der Waals surface area (Å²) in [5.74, 6) is 1.79. The number of nitrogens with zero attached hydrogens (tertiary/aromatic N) is 4. The normalized spacial score (nSPS) is 11.9. The molecule has 0 radical (unpaired) electrons. The first-order valence-electron chi connectivity index (χ1n) is 20.4. The van der Waals surface area contributed by atoms with Gasteiger partial charge in [0, 0.05) is 64.0 Å². The van der Waals surface area contributed by atoms with Gasteiger partial charge in [0.15, 0.2) is 17.5 Å². The molecular weight excluding hydrogens is 765 g/mol. The molecule has 5 nitrogen and oxygen atoms in total. The van der Waals surface area contributed by atoms with Crippen molar-refractivity contribution < 1.29 is 4.42 Å². The van der Waals surface area contributed by atoms with Crippen LogP contribution in [-0.2, 0) is 0 Å². The van der Waals surface area contributed by atoms with E-state index in [9.17, 15) is 0 Å². The van der Waals surface area contributed by atoms with Gasteiger partial charge in [0.1, 0.15) is 11.2 Å². The number of fused-ring (bicyclic) bond motifs is 10. The minimum atomic E-state index is 0.590. The fourth-order valence-corrected chi connectivity index (χ4v) is 10.4. The van der Waals surface area contributed by atoms with Gasteiger partial charge in [0.2, 0.25) is 0 Å². The lowest BCUT2D eigenvalue weighted by molar-refractivity contribution is 0.669. The fraction of sp³-hybridized carbons (Fsp3) is 0. The van der Waals surface area contributed by atoms with Crippen molar-refractivity contribution >= 4 is 86.0 Å². The van der Waals surface area contributed by atoms with Gasteiger partial charge in [-0.05, 0) is 77.0 Å². The molecule has 0 saturated heterocycles. The van der Waals surface area contributed by atoms with Crippen molar-refractivity contribution in [1.82, 2.24) is 19.5 Å². The summed E-state index contributed by atoms with van der Waals surface area (Å²) in [6, 6.07) is 68.7. The van der Waals surface area contributed by atoms with E-state index in [4.69, 9.17) is 19.4 Å². The maximum Gasteiger partial charge on any atom is 0.164 e. The average Bonchev–Trinajstić information content (AvgIpc) is 4.00. The van der Waals surface area contributed by atoms with Gasteiger partial charge in [-0.15, -0.1) is 11.3 Å². The number of hydrogen-bond donors (Lipinski definition) is 0. The van der Waals surface area contributed by atoms with E-state index >= 15 is 0 Å². The summed E-state index contributed by atoms with van der Waals surface area (Å²) >= 11 is 1.83. The maximum atomic E-state index is 6.33. The molecule has 0 saturated carbocycles. The molecule has 4 aromatic heterocycles. The Kier molecular flexibility index (Phi) is 7.41. The molecule has 13 rings (SSSR count). The summed E-state index contributed by atoms with van der Waals surface area (Å²) in [5.41, 5.74) is 9.97. The molecule has 0 unspecified atom stereocenters. The van der Waals surface area contributed by atoms with Crippen LogP contribution < -0.4 is 0 Å². The van der Waals surface area contributed by atoms with E-state index in [-0.39, 0.29) is 0 Å². The van der Waals surface area contributed by atoms with Crippen molar-refractivity contribution in [3.63, 3.8) is 0 Å². The topological polar surface area (TPSA) is 56.7 Å². The number of hydrogen-bond acceptors (Lipinski definition) is 5. The zero-order valence-electron chi connectivity index (χ0n) is 32.6. The van der Waals surface area contributed by atoms with Crippen LogP contribution in [0.5, 0.6) is 0 Å². The largest absolute Gasteiger partial charge is 0.456 e. The quantitative estimate of drug-likeness (QED) is 0.174. The number of thiophene rings is 1. The number of furan rings is 1. The number of para-hydroxylation sites is 2. The monoisotopic (exact) mass is 796 g/mol. The van der Waals surface area contributed by atoms with Gasteiger partial charge in [-0.25, -0.2) is 15.0 Å². The number of benzene rings is 9. The minimum Gasteiger partial charge on any atom is -0.456 e. The Morgan fingerprint density at radius 2 is 1.03 bits per heavy atom. The molecule has 0 aliphatic rings. The maximum absolute atomic E-state index is 6.33. The van der Waals surface area contributed by atoms with Crippen molar-refractivity contribution in [2.75, 3.05) is 0 Å². The molecule has 61 heavy (non-hydrogen) atoms. The van der Waals surface area contributed by atoms with Crippen LogP contribution in [-0.4, -0.2) is 19.5 Å². The van der Waals surface area contributed by atoms with Crippen LogP contribution >= 0.6 is 11.3 Å². The SMILES string of the molecule is c1ccc(-c2nc(-c3ccc(-n4c5ccccc5c5cc6ccccc6cc54)c(-c4cccc5sc6ccccc6c45)c3)nc(-c3cccc4oc5ccccc5c34)n2)cc1. The van der Waals surface area contributed by atoms with Gasteiger partial charge in [0.25, 0.3) is 0 Å². The molecule has 0 spiro atoms. The first kappa shape index (κ1) is 34.0. The first-order chi connectivity index (χ1) is 30.2. The molecule has 0 amide bonds. The molecule has 0 aliphatic heterocycles. The average molecular weight is 797 g/mol. The lowest BCUT2D eigenvalue weighted by Crippen LogP contribution is -2.02. The molecule has 4 heterocycles. The van der Waals surface area contributed by atoms with Crippen molar-refractivity contribution in [3.05, 3.63) is 194 Å². The highest BCUT2D eigenvalue weighted by atomic mass is 32.1. The summed E-state index contributed by atoms with van der Waals surface area (Å²) in [7, 11) is 0. The Bertz CT molecular complexity index is 3900. The lowest BCUT2D eigenvalue weighted by atomic mass is 9.95. The third-order valence-corrected chi connectivity index (χ3v) is 13.2. The summed E-state index contributed by atoms with van der Waals surface area (Å²) in [6.45, 7) is 0. The Morgan fingerprint density at radius 1 is 0.377 bits per heavy atom. The molecule has 0 atom stereocenters. The van der Waals surface area contributed by atoms with Crippen LogP contribution in [0.1, 0.15) is 0 Å². The van der Waals surface area contributed by atoms with E-state index in [1.54, 1.807) is 0 Å². The molecule has 284 valence electrons. The van der Waals surface area contributed by atoms with E-state index in [1.807, 2.05) is 59.9 Å². The summed E-state index contributed by atoms with van der Waals surface area (Å²) < 4.78 is 11.3. The molecule has 6 heteroatoms. The number of rotatable bonds is 5. The van der Waals surface area contributed by atoms with Crippen LogP contribution in [0.2, 0.25) is 0 Å². The zero-order chi connectivity index (χ0) is 40.0. The van der Waals surface area contributed by atoms with Crippen LogP contribution in [0.4, 0.5) is 0 Å². The van der Waals surface area contributed by atoms with Crippen LogP contribution in [0.3, 0.4) is 0 Å². The smallest absolute Gasteiger partial charge is 0.164 e. The molecule has 0 N–H and O–H groups in total. The van der Waals surface area contributed by atoms with Gasteiger partial charge < -0.3 is 8.98 Å². The third-order valence-electron chi connectivity index (χ3n) is 12.0. The van der Waals surface area contributed by atoms with Crippen molar-refractivity contribution in [2.24, 2.45) is 0 Å². The Morgan fingerprint density at radius 3 is 1.92 bits per heavy atom. The van der Waals surface area contributed by atoms with Gasteiger partial charge >= 0.3 is 0 Å². The molecule has 9 aromatic carbocycles. The Labute approximate surface area is 353 Å². The predicted octanol–water partition coefficient (Wildman–Crippen LogP) is 15.1. The van der Waals surface area contributed by atoms with Crippen molar-refractivity contribution in [1.29, 1.82) is 0 Å². The van der Waals surface area contributed by atoms with Crippen LogP contribution in [0.15, 0.2) is 199 Å². The number of aromatic nitrogens is 4. The molecular formula is C55H32N4OS. The standard InChI is InChI=1S/C55H32N4OS/c1-2-14-33(15-3-1)53-56-54(58-55(57-53)41-22-12-25-48-51(41)39-19-7-10-24-47(39)60-48)36-28-29-45(43(31-36)38-21-13-27-50-52(38)40-20-8-11-26-49(40)61-50)59-44-23-9-6-18-37(44)42-30-34-16-4-5-17-35(34)32-46(42)59/h1-32H. The van der Waals surface area contributed by atoms with E-state index in [2.05, 4.69) is 150 Å².